The summed E-state index contributed by atoms with van der Waals surface area (Å²) in [7, 11) is 0. The number of carboxylic acids is 1. The lowest BCUT2D eigenvalue weighted by atomic mass is 10.5. The third-order valence-corrected chi connectivity index (χ3v) is 0.907. The van der Waals surface area contributed by atoms with E-state index >= 15 is 0 Å². The fourth-order valence-electron chi connectivity index (χ4n) is 0.172. The fourth-order valence-corrected chi connectivity index (χ4v) is 0.359. The third kappa shape index (κ3) is 22.8. The van der Waals surface area contributed by atoms with Gasteiger partial charge in [0.15, 0.2) is 0 Å². The Balaban J connectivity index is 0. The van der Waals surface area contributed by atoms with Crippen LogP contribution in [0.1, 0.15) is 0 Å². The van der Waals surface area contributed by atoms with Gasteiger partial charge in [0.25, 0.3) is 0 Å². The van der Waals surface area contributed by atoms with Crippen molar-refractivity contribution in [2.24, 2.45) is 0 Å². The Morgan fingerprint density at radius 3 is 2.25 bits per heavy atom. The molecule has 0 unspecified atom stereocenters. The minimum Gasteiger partial charge on any atom is -0.478 e. The molecular weight excluding hydrogens is 199 g/mol. The first kappa shape index (κ1) is 13.8. The van der Waals surface area contributed by atoms with Gasteiger partial charge in [-0.2, -0.15) is 0 Å². The van der Waals surface area contributed by atoms with Gasteiger partial charge in [0.1, 0.15) is 0 Å². The van der Waals surface area contributed by atoms with Crippen LogP contribution in [-0.2, 0) is 4.79 Å². The predicted octanol–water partition coefficient (Wildman–Crippen LogP) is 2.79. The molecule has 0 spiro atoms. The molecule has 0 fully saturated rings. The molecule has 0 aliphatic rings. The summed E-state index contributed by atoms with van der Waals surface area (Å²) in [6.07, 6.45) is 6.14. The van der Waals surface area contributed by atoms with Crippen LogP contribution in [0.25, 0.3) is 0 Å². The zero-order valence-electron chi connectivity index (χ0n) is 6.41. The van der Waals surface area contributed by atoms with Gasteiger partial charge in [-0.1, -0.05) is 36.4 Å². The van der Waals surface area contributed by atoms with Crippen molar-refractivity contribution in [2.45, 2.75) is 0 Å². The minimum absolute atomic E-state index is 0.543. The Morgan fingerprint density at radius 2 is 2.00 bits per heavy atom. The maximum atomic E-state index is 9.25. The SMILES string of the molecule is C=CC(=O)O.ClC=CC=CCCl. The monoisotopic (exact) mass is 208 g/mol. The Morgan fingerprint density at radius 1 is 1.50 bits per heavy atom. The van der Waals surface area contributed by atoms with Crippen LogP contribution in [0.15, 0.2) is 36.4 Å². The Bertz CT molecular complexity index is 174. The molecule has 0 saturated carbocycles. The molecule has 0 saturated heterocycles. The van der Waals surface area contributed by atoms with Crippen molar-refractivity contribution in [3.05, 3.63) is 36.4 Å². The average molecular weight is 209 g/mol. The maximum Gasteiger partial charge on any atom is 0.327 e. The maximum absolute atomic E-state index is 9.25. The van der Waals surface area contributed by atoms with Gasteiger partial charge in [-0.05, 0) is 0 Å². The predicted molar refractivity (Wildman–Crippen MR) is 52.7 cm³/mol. The number of carbonyl (C=O) groups is 1. The van der Waals surface area contributed by atoms with Crippen LogP contribution in [0.2, 0.25) is 0 Å². The highest BCUT2D eigenvalue weighted by molar-refractivity contribution is 6.25. The summed E-state index contributed by atoms with van der Waals surface area (Å²) in [5.41, 5.74) is 1.43. The van der Waals surface area contributed by atoms with Crippen molar-refractivity contribution in [1.29, 1.82) is 0 Å². The van der Waals surface area contributed by atoms with Gasteiger partial charge in [0.2, 0.25) is 0 Å². The van der Waals surface area contributed by atoms with E-state index in [1.54, 1.807) is 18.2 Å². The van der Waals surface area contributed by atoms with Gasteiger partial charge >= 0.3 is 5.97 Å². The van der Waals surface area contributed by atoms with Crippen LogP contribution >= 0.6 is 23.2 Å². The van der Waals surface area contributed by atoms with Gasteiger partial charge in [-0.15, -0.1) is 11.6 Å². The molecule has 0 heterocycles. The summed E-state index contributed by atoms with van der Waals surface area (Å²) in [4.78, 5) is 9.25. The summed E-state index contributed by atoms with van der Waals surface area (Å²) >= 11 is 10.4. The second-order valence-corrected chi connectivity index (χ2v) is 2.00. The number of aliphatic carboxylic acids is 1. The number of carboxylic acid groups (broad SMARTS) is 1. The molecule has 0 bridgehead atoms. The first-order chi connectivity index (χ1) is 5.68. The van der Waals surface area contributed by atoms with E-state index in [2.05, 4.69) is 6.58 Å². The fraction of sp³-hybridized carbons (Fsp3) is 0.125. The number of rotatable bonds is 3. The van der Waals surface area contributed by atoms with Gasteiger partial charge in [0.05, 0.1) is 0 Å². The molecule has 0 aliphatic heterocycles. The van der Waals surface area contributed by atoms with Crippen molar-refractivity contribution in [3.8, 4) is 0 Å². The van der Waals surface area contributed by atoms with E-state index in [0.717, 1.165) is 6.08 Å². The summed E-state index contributed by atoms with van der Waals surface area (Å²) in [5.74, 6) is -0.439. The Hall–Kier alpha value is -0.730. The van der Waals surface area contributed by atoms with E-state index in [1.165, 1.54) is 5.54 Å². The molecule has 68 valence electrons. The Labute approximate surface area is 81.8 Å². The van der Waals surface area contributed by atoms with E-state index < -0.39 is 5.97 Å². The van der Waals surface area contributed by atoms with Crippen molar-refractivity contribution < 1.29 is 9.90 Å². The minimum atomic E-state index is -0.981. The van der Waals surface area contributed by atoms with E-state index in [9.17, 15) is 4.79 Å². The topological polar surface area (TPSA) is 37.3 Å². The molecule has 2 nitrogen and oxygen atoms in total. The highest BCUT2D eigenvalue weighted by atomic mass is 35.5. The standard InChI is InChI=1S/C5H6Cl2.C3H4O2/c6-4-2-1-3-5-7;1-2-3(4)5/h1-4H,5H2;2H,1H2,(H,4,5). The largest absolute Gasteiger partial charge is 0.478 e. The van der Waals surface area contributed by atoms with Crippen LogP contribution in [0.3, 0.4) is 0 Å². The lowest BCUT2D eigenvalue weighted by Crippen LogP contribution is -1.82. The second-order valence-electron chi connectivity index (χ2n) is 1.44. The molecule has 4 heteroatoms. The highest BCUT2D eigenvalue weighted by Crippen LogP contribution is 1.81. The molecular formula is C8H10Cl2O2. The van der Waals surface area contributed by atoms with E-state index in [0.29, 0.717) is 5.88 Å². The van der Waals surface area contributed by atoms with E-state index in [4.69, 9.17) is 28.3 Å². The number of allylic oxidation sites excluding steroid dienone is 3. The molecule has 0 rings (SSSR count). The average Bonchev–Trinajstić information content (AvgIpc) is 2.07. The summed E-state index contributed by atoms with van der Waals surface area (Å²) in [6, 6.07) is 0. The van der Waals surface area contributed by atoms with Crippen molar-refractivity contribution in [2.75, 3.05) is 5.88 Å². The second kappa shape index (κ2) is 12.9. The zero-order valence-corrected chi connectivity index (χ0v) is 7.92. The van der Waals surface area contributed by atoms with Crippen molar-refractivity contribution in [3.63, 3.8) is 0 Å². The molecule has 0 radical (unpaired) electrons. The van der Waals surface area contributed by atoms with Gasteiger partial charge < -0.3 is 5.11 Å². The lowest BCUT2D eigenvalue weighted by Gasteiger charge is -1.68. The number of halogens is 2. The molecule has 0 aromatic rings. The molecule has 1 N–H and O–H groups in total. The molecule has 0 aromatic heterocycles. The smallest absolute Gasteiger partial charge is 0.327 e. The van der Waals surface area contributed by atoms with Crippen LogP contribution in [-0.4, -0.2) is 17.0 Å². The van der Waals surface area contributed by atoms with E-state index in [-0.39, 0.29) is 0 Å². The number of hydrogen-bond donors (Lipinski definition) is 1. The van der Waals surface area contributed by atoms with Crippen LogP contribution in [0, 0.1) is 0 Å². The normalized spacial score (nSPS) is 9.50. The van der Waals surface area contributed by atoms with Crippen LogP contribution in [0.5, 0.6) is 0 Å². The lowest BCUT2D eigenvalue weighted by molar-refractivity contribution is -0.131. The molecule has 0 aliphatic carbocycles. The molecule has 0 atom stereocenters. The van der Waals surface area contributed by atoms with Gasteiger partial charge in [-0.3, -0.25) is 0 Å². The number of hydrogen-bond acceptors (Lipinski definition) is 1. The van der Waals surface area contributed by atoms with Crippen LogP contribution < -0.4 is 0 Å². The van der Waals surface area contributed by atoms with Crippen molar-refractivity contribution >= 4 is 29.2 Å². The summed E-state index contributed by atoms with van der Waals surface area (Å²) in [6.45, 7) is 2.96. The first-order valence-electron chi connectivity index (χ1n) is 3.02. The Kier molecular flexibility index (Phi) is 14.9. The first-order valence-corrected chi connectivity index (χ1v) is 3.99. The zero-order chi connectivity index (χ0) is 9.82. The number of alkyl halides is 1. The molecule has 0 amide bonds. The highest BCUT2D eigenvalue weighted by Gasteiger charge is 1.73. The summed E-state index contributed by atoms with van der Waals surface area (Å²) < 4.78 is 0. The van der Waals surface area contributed by atoms with Crippen LogP contribution in [0.4, 0.5) is 0 Å². The third-order valence-electron chi connectivity index (χ3n) is 0.584. The van der Waals surface area contributed by atoms with Gasteiger partial charge in [-0.25, -0.2) is 4.79 Å². The van der Waals surface area contributed by atoms with Gasteiger partial charge in [0, 0.05) is 17.5 Å². The summed E-state index contributed by atoms with van der Waals surface area (Å²) in [5, 5.41) is 7.60. The van der Waals surface area contributed by atoms with E-state index in [1.807, 2.05) is 0 Å². The molecule has 12 heavy (non-hydrogen) atoms. The quantitative estimate of drug-likeness (QED) is 0.440. The van der Waals surface area contributed by atoms with Crippen molar-refractivity contribution in [1.82, 2.24) is 0 Å². The molecule has 0 aromatic carbocycles.